The fourth-order valence-corrected chi connectivity index (χ4v) is 3.55. The lowest BCUT2D eigenvalue weighted by Gasteiger charge is -2.12. The molecule has 132 valence electrons. The van der Waals surface area contributed by atoms with E-state index in [0.29, 0.717) is 21.3 Å². The first kappa shape index (κ1) is 18.5. The minimum atomic E-state index is -3.95. The second-order valence-corrected chi connectivity index (χ2v) is 7.79. The molecule has 7 heteroatoms. The molecule has 0 bridgehead atoms. The number of hydrogen-bond acceptors (Lipinski definition) is 2. The van der Waals surface area contributed by atoms with Gasteiger partial charge in [-0.2, -0.15) is 8.42 Å². The topological polar surface area (TPSA) is 58.5 Å². The molecule has 0 unspecified atom stereocenters. The first-order valence-electron chi connectivity index (χ1n) is 7.63. The molecule has 3 rings (SSSR count). The highest BCUT2D eigenvalue weighted by Crippen LogP contribution is 2.21. The van der Waals surface area contributed by atoms with Crippen molar-refractivity contribution in [3.8, 4) is 0 Å². The lowest BCUT2D eigenvalue weighted by atomic mass is 10.2. The standard InChI is InChI=1S/C19H14Cl2N2O2S/c20-14-10-12-16(13-11-14)26(24,25)23-19(17-8-4-5-9-18(17)21)22-15-6-2-1-3-7-15/h1-13H,(H,22,23). The Morgan fingerprint density at radius 3 is 2.08 bits per heavy atom. The van der Waals surface area contributed by atoms with Gasteiger partial charge in [0.1, 0.15) is 0 Å². The van der Waals surface area contributed by atoms with Gasteiger partial charge in [0.15, 0.2) is 5.84 Å². The quantitative estimate of drug-likeness (QED) is 0.477. The molecule has 4 nitrogen and oxygen atoms in total. The van der Waals surface area contributed by atoms with Crippen molar-refractivity contribution in [3.05, 3.63) is 94.5 Å². The molecule has 0 aliphatic carbocycles. The summed E-state index contributed by atoms with van der Waals surface area (Å²) >= 11 is 12.1. The molecular formula is C19H14Cl2N2O2S. The Kier molecular flexibility index (Phi) is 5.61. The monoisotopic (exact) mass is 404 g/mol. The van der Waals surface area contributed by atoms with Gasteiger partial charge in [0, 0.05) is 16.3 Å². The maximum absolute atomic E-state index is 12.7. The maximum Gasteiger partial charge on any atom is 0.284 e. The largest absolute Gasteiger partial charge is 0.339 e. The molecule has 0 saturated heterocycles. The van der Waals surface area contributed by atoms with Crippen LogP contribution in [0.15, 0.2) is 88.2 Å². The molecule has 3 aromatic rings. The zero-order valence-corrected chi connectivity index (χ0v) is 15.8. The van der Waals surface area contributed by atoms with E-state index in [4.69, 9.17) is 23.2 Å². The fraction of sp³-hybridized carbons (Fsp3) is 0. The molecule has 0 atom stereocenters. The first-order chi connectivity index (χ1) is 12.5. The van der Waals surface area contributed by atoms with Gasteiger partial charge in [0.25, 0.3) is 10.0 Å². The highest BCUT2D eigenvalue weighted by molar-refractivity contribution is 7.90. The molecule has 26 heavy (non-hydrogen) atoms. The number of nitrogens with one attached hydrogen (secondary N) is 1. The predicted octanol–water partition coefficient (Wildman–Crippen LogP) is 5.24. The molecule has 0 spiro atoms. The van der Waals surface area contributed by atoms with E-state index in [2.05, 4.69) is 9.71 Å². The van der Waals surface area contributed by atoms with Gasteiger partial charge in [-0.1, -0.05) is 53.5 Å². The number of amidine groups is 1. The van der Waals surface area contributed by atoms with Crippen LogP contribution in [0.5, 0.6) is 0 Å². The van der Waals surface area contributed by atoms with Gasteiger partial charge in [-0.15, -0.1) is 4.40 Å². The van der Waals surface area contributed by atoms with Crippen LogP contribution in [0.2, 0.25) is 10.0 Å². The van der Waals surface area contributed by atoms with Gasteiger partial charge in [-0.05, 0) is 48.5 Å². The third-order valence-electron chi connectivity index (χ3n) is 3.49. The van der Waals surface area contributed by atoms with Gasteiger partial charge in [-0.3, -0.25) is 0 Å². The zero-order valence-electron chi connectivity index (χ0n) is 13.4. The van der Waals surface area contributed by atoms with Crippen molar-refractivity contribution in [1.82, 2.24) is 0 Å². The molecule has 3 aromatic carbocycles. The van der Waals surface area contributed by atoms with Crippen molar-refractivity contribution in [1.29, 1.82) is 0 Å². The fourth-order valence-electron chi connectivity index (χ4n) is 2.23. The lowest BCUT2D eigenvalue weighted by Crippen LogP contribution is -2.17. The lowest BCUT2D eigenvalue weighted by molar-refractivity contribution is 0.598. The summed E-state index contributed by atoms with van der Waals surface area (Å²) in [6.45, 7) is 0. The van der Waals surface area contributed by atoms with Crippen LogP contribution in [-0.2, 0) is 10.0 Å². The number of sulfonamides is 1. The summed E-state index contributed by atoms with van der Waals surface area (Å²) in [6, 6.07) is 21.9. The number of benzene rings is 3. The molecule has 0 amide bonds. The molecular weight excluding hydrogens is 391 g/mol. The average molecular weight is 405 g/mol. The number of rotatable bonds is 4. The smallest absolute Gasteiger partial charge is 0.284 e. The third kappa shape index (κ3) is 4.43. The van der Waals surface area contributed by atoms with E-state index in [1.807, 2.05) is 18.2 Å². The summed E-state index contributed by atoms with van der Waals surface area (Å²) in [4.78, 5) is 0.0429. The minimum Gasteiger partial charge on any atom is -0.339 e. The predicted molar refractivity (Wildman–Crippen MR) is 107 cm³/mol. The van der Waals surface area contributed by atoms with Crippen LogP contribution in [-0.4, -0.2) is 14.3 Å². The van der Waals surface area contributed by atoms with E-state index in [9.17, 15) is 8.42 Å². The summed E-state index contributed by atoms with van der Waals surface area (Å²) < 4.78 is 29.4. The maximum atomic E-state index is 12.7. The molecule has 0 aromatic heterocycles. The minimum absolute atomic E-state index is 0.0429. The SMILES string of the molecule is O=S(=O)(/N=C(\Nc1ccccc1)c1ccccc1Cl)c1ccc(Cl)cc1. The Labute approximate surface area is 162 Å². The zero-order chi connectivity index (χ0) is 18.6. The Morgan fingerprint density at radius 2 is 1.42 bits per heavy atom. The van der Waals surface area contributed by atoms with E-state index >= 15 is 0 Å². The van der Waals surface area contributed by atoms with E-state index in [1.165, 1.54) is 24.3 Å². The normalized spacial score (nSPS) is 12.0. The Bertz CT molecular complexity index is 1030. The summed E-state index contributed by atoms with van der Waals surface area (Å²) in [7, 11) is -3.95. The van der Waals surface area contributed by atoms with Gasteiger partial charge < -0.3 is 5.32 Å². The van der Waals surface area contributed by atoms with Crippen molar-refractivity contribution < 1.29 is 8.42 Å². The van der Waals surface area contributed by atoms with Crippen LogP contribution in [0.4, 0.5) is 5.69 Å². The number of halogens is 2. The number of para-hydroxylation sites is 1. The highest BCUT2D eigenvalue weighted by atomic mass is 35.5. The summed E-state index contributed by atoms with van der Waals surface area (Å²) in [5, 5.41) is 3.87. The molecule has 0 saturated carbocycles. The van der Waals surface area contributed by atoms with Crippen LogP contribution in [0.25, 0.3) is 0 Å². The van der Waals surface area contributed by atoms with Gasteiger partial charge in [-0.25, -0.2) is 0 Å². The van der Waals surface area contributed by atoms with Gasteiger partial charge in [0.2, 0.25) is 0 Å². The molecule has 0 heterocycles. The number of anilines is 1. The van der Waals surface area contributed by atoms with Crippen LogP contribution >= 0.6 is 23.2 Å². The number of nitrogens with zero attached hydrogens (tertiary/aromatic N) is 1. The van der Waals surface area contributed by atoms with Crippen LogP contribution in [0, 0.1) is 0 Å². The summed E-state index contributed by atoms with van der Waals surface area (Å²) in [5.41, 5.74) is 1.17. The second kappa shape index (κ2) is 7.91. The van der Waals surface area contributed by atoms with E-state index in [-0.39, 0.29) is 10.7 Å². The van der Waals surface area contributed by atoms with Crippen molar-refractivity contribution in [2.75, 3.05) is 5.32 Å². The molecule has 0 aliphatic heterocycles. The first-order valence-corrected chi connectivity index (χ1v) is 9.83. The van der Waals surface area contributed by atoms with E-state index in [0.717, 1.165) is 0 Å². The molecule has 1 N–H and O–H groups in total. The molecule has 0 aliphatic rings. The van der Waals surface area contributed by atoms with E-state index < -0.39 is 10.0 Å². The van der Waals surface area contributed by atoms with E-state index in [1.54, 1.807) is 36.4 Å². The Balaban J connectivity index is 2.09. The van der Waals surface area contributed by atoms with Crippen molar-refractivity contribution >= 4 is 44.7 Å². The van der Waals surface area contributed by atoms with Crippen LogP contribution in [0.3, 0.4) is 0 Å². The highest BCUT2D eigenvalue weighted by Gasteiger charge is 2.17. The molecule has 0 radical (unpaired) electrons. The average Bonchev–Trinajstić information content (AvgIpc) is 2.63. The van der Waals surface area contributed by atoms with Crippen LogP contribution < -0.4 is 5.32 Å². The van der Waals surface area contributed by atoms with Gasteiger partial charge >= 0.3 is 0 Å². The summed E-state index contributed by atoms with van der Waals surface area (Å²) in [5.74, 6) is 0.136. The van der Waals surface area contributed by atoms with Gasteiger partial charge in [0.05, 0.1) is 9.92 Å². The van der Waals surface area contributed by atoms with Crippen LogP contribution in [0.1, 0.15) is 5.56 Å². The number of hydrogen-bond donors (Lipinski definition) is 1. The third-order valence-corrected chi connectivity index (χ3v) is 5.36. The van der Waals surface area contributed by atoms with Crippen molar-refractivity contribution in [2.45, 2.75) is 4.90 Å². The van der Waals surface area contributed by atoms with Crippen molar-refractivity contribution in [2.24, 2.45) is 4.40 Å². The Hall–Kier alpha value is -2.34. The Morgan fingerprint density at radius 1 is 0.808 bits per heavy atom. The molecule has 0 fully saturated rings. The summed E-state index contributed by atoms with van der Waals surface area (Å²) in [6.07, 6.45) is 0. The van der Waals surface area contributed by atoms with Crippen molar-refractivity contribution in [3.63, 3.8) is 0 Å². The second-order valence-electron chi connectivity index (χ2n) is 5.34.